The number of ether oxygens (including phenoxy) is 1. The summed E-state index contributed by atoms with van der Waals surface area (Å²) in [5.74, 6) is -1.00. The first-order valence-corrected chi connectivity index (χ1v) is 9.56. The molecule has 164 valence electrons. The fourth-order valence-electron chi connectivity index (χ4n) is 3.40. The maximum atomic E-state index is 13.3. The van der Waals surface area contributed by atoms with Gasteiger partial charge in [-0.1, -0.05) is 24.3 Å². The fraction of sp³-hybridized carbons (Fsp3) is 0.0909. The Morgan fingerprint density at radius 1 is 1.09 bits per heavy atom. The van der Waals surface area contributed by atoms with E-state index < -0.39 is 17.7 Å². The maximum Gasteiger partial charge on any atom is 0.211 e. The van der Waals surface area contributed by atoms with Gasteiger partial charge in [0.2, 0.25) is 5.96 Å². The first-order valence-electron chi connectivity index (χ1n) is 9.56. The number of rotatable bonds is 4. The van der Waals surface area contributed by atoms with E-state index in [2.05, 4.69) is 20.6 Å². The summed E-state index contributed by atoms with van der Waals surface area (Å²) in [6.45, 7) is 0.0787. The molecule has 1 aromatic heterocycles. The van der Waals surface area contributed by atoms with Crippen LogP contribution in [0.25, 0.3) is 0 Å². The Hall–Kier alpha value is -4.90. The van der Waals surface area contributed by atoms with E-state index in [1.54, 1.807) is 30.5 Å². The number of hydrogen-bond acceptors (Lipinski definition) is 9. The second-order valence-electron chi connectivity index (χ2n) is 7.04. The zero-order chi connectivity index (χ0) is 23.5. The molecule has 1 aliphatic rings. The first kappa shape index (κ1) is 21.3. The third kappa shape index (κ3) is 4.29. The number of fused-ring (bicyclic) bond motifs is 1. The van der Waals surface area contributed by atoms with E-state index in [4.69, 9.17) is 21.5 Å². The molecule has 0 radical (unpaired) electrons. The van der Waals surface area contributed by atoms with Crippen LogP contribution in [-0.2, 0) is 6.61 Å². The van der Waals surface area contributed by atoms with Crippen molar-refractivity contribution in [3.8, 4) is 18.0 Å². The van der Waals surface area contributed by atoms with Gasteiger partial charge in [0.25, 0.3) is 0 Å². The number of nitrogens with one attached hydrogen (secondary N) is 2. The van der Waals surface area contributed by atoms with Gasteiger partial charge < -0.3 is 21.5 Å². The molecule has 0 spiro atoms. The van der Waals surface area contributed by atoms with Gasteiger partial charge in [-0.05, 0) is 11.1 Å². The quantitative estimate of drug-likeness (QED) is 0.352. The van der Waals surface area contributed by atoms with Crippen LogP contribution in [0.5, 0.6) is 5.75 Å². The van der Waals surface area contributed by atoms with E-state index in [1.807, 2.05) is 6.07 Å². The standard InChI is InChI=1S/C22H16F2N8O/c23-13-5-14(24)7-15(6-13)33-9-11-1-3-12(4-2-11)19-17-18(27)16(8-25)20(28)31-21(17)32-22(30-19)29-10-26/h1-7,19H,9H2,(H6,27,28,29,30,31,32). The summed E-state index contributed by atoms with van der Waals surface area (Å²) in [4.78, 5) is 8.68. The highest BCUT2D eigenvalue weighted by Crippen LogP contribution is 2.40. The van der Waals surface area contributed by atoms with Gasteiger partial charge in [-0.2, -0.15) is 10.5 Å². The van der Waals surface area contributed by atoms with Crippen LogP contribution in [0.3, 0.4) is 0 Å². The molecule has 0 aliphatic carbocycles. The number of nitrogen functional groups attached to an aromatic ring is 2. The molecule has 0 fully saturated rings. The van der Waals surface area contributed by atoms with Crippen molar-refractivity contribution < 1.29 is 13.5 Å². The van der Waals surface area contributed by atoms with Crippen LogP contribution in [0.1, 0.15) is 28.3 Å². The minimum Gasteiger partial charge on any atom is -0.489 e. The highest BCUT2D eigenvalue weighted by Gasteiger charge is 2.29. The molecule has 1 unspecified atom stereocenters. The number of anilines is 3. The zero-order valence-corrected chi connectivity index (χ0v) is 16.9. The second kappa shape index (κ2) is 8.69. The summed E-state index contributed by atoms with van der Waals surface area (Å²) in [6, 6.07) is 11.3. The van der Waals surface area contributed by atoms with E-state index in [1.165, 1.54) is 0 Å². The Morgan fingerprint density at radius 3 is 2.42 bits per heavy atom. The largest absolute Gasteiger partial charge is 0.489 e. The van der Waals surface area contributed by atoms with Crippen LogP contribution >= 0.6 is 0 Å². The van der Waals surface area contributed by atoms with Crippen molar-refractivity contribution in [1.29, 1.82) is 10.5 Å². The number of aliphatic imine (C=N–C) groups is 1. The molecule has 1 atom stereocenters. The van der Waals surface area contributed by atoms with Gasteiger partial charge in [0.1, 0.15) is 53.3 Å². The van der Waals surface area contributed by atoms with E-state index in [0.29, 0.717) is 11.1 Å². The number of nitrogens with zero attached hydrogens (tertiary/aromatic N) is 4. The van der Waals surface area contributed by atoms with Crippen LogP contribution < -0.4 is 26.8 Å². The second-order valence-corrected chi connectivity index (χ2v) is 7.04. The molecule has 11 heteroatoms. The molecule has 9 nitrogen and oxygen atoms in total. The summed E-state index contributed by atoms with van der Waals surface area (Å²) in [7, 11) is 0. The van der Waals surface area contributed by atoms with Crippen LogP contribution in [0.15, 0.2) is 47.5 Å². The third-order valence-corrected chi connectivity index (χ3v) is 4.89. The predicted octanol–water partition coefficient (Wildman–Crippen LogP) is 2.92. The summed E-state index contributed by atoms with van der Waals surface area (Å²) in [5.41, 5.74) is 14.1. The molecule has 0 amide bonds. The Balaban J connectivity index is 1.64. The topological polar surface area (TPSA) is 158 Å². The molecule has 0 bridgehead atoms. The van der Waals surface area contributed by atoms with Crippen LogP contribution in [0.4, 0.5) is 26.1 Å². The highest BCUT2D eigenvalue weighted by atomic mass is 19.1. The van der Waals surface area contributed by atoms with Crippen molar-refractivity contribution in [2.24, 2.45) is 4.99 Å². The smallest absolute Gasteiger partial charge is 0.211 e. The number of nitriles is 2. The molecule has 0 saturated heterocycles. The lowest BCUT2D eigenvalue weighted by atomic mass is 9.94. The molecule has 2 aromatic carbocycles. The third-order valence-electron chi connectivity index (χ3n) is 4.89. The lowest BCUT2D eigenvalue weighted by molar-refractivity contribution is 0.302. The molecule has 4 rings (SSSR count). The molecule has 1 aliphatic heterocycles. The molecule has 33 heavy (non-hydrogen) atoms. The van der Waals surface area contributed by atoms with Crippen LogP contribution in [0, 0.1) is 34.4 Å². The predicted molar refractivity (Wildman–Crippen MR) is 117 cm³/mol. The number of pyridine rings is 1. The molecule has 2 heterocycles. The zero-order valence-electron chi connectivity index (χ0n) is 16.9. The number of halogens is 2. The van der Waals surface area contributed by atoms with Crippen molar-refractivity contribution in [2.45, 2.75) is 12.6 Å². The van der Waals surface area contributed by atoms with E-state index in [-0.39, 0.29) is 41.2 Å². The fourth-order valence-corrected chi connectivity index (χ4v) is 3.40. The summed E-state index contributed by atoms with van der Waals surface area (Å²) >= 11 is 0. The van der Waals surface area contributed by atoms with Gasteiger partial charge in [0.05, 0.1) is 5.69 Å². The van der Waals surface area contributed by atoms with Crippen molar-refractivity contribution >= 4 is 23.3 Å². The van der Waals surface area contributed by atoms with Crippen molar-refractivity contribution in [2.75, 3.05) is 16.8 Å². The normalized spacial score (nSPS) is 14.2. The van der Waals surface area contributed by atoms with Gasteiger partial charge in [-0.15, -0.1) is 0 Å². The number of nitrogens with two attached hydrogens (primary N) is 2. The monoisotopic (exact) mass is 446 g/mol. The number of guanidine groups is 1. The van der Waals surface area contributed by atoms with Crippen molar-refractivity contribution in [1.82, 2.24) is 10.3 Å². The molecular weight excluding hydrogens is 430 g/mol. The molecular formula is C22H16F2N8O. The van der Waals surface area contributed by atoms with Crippen molar-refractivity contribution in [3.63, 3.8) is 0 Å². The maximum absolute atomic E-state index is 13.3. The highest BCUT2D eigenvalue weighted by molar-refractivity contribution is 5.98. The SMILES string of the molecule is N#CNC1=NC(c2ccc(COc3cc(F)cc(F)c3)cc2)c2c(nc(N)c(C#N)c2N)N1. The minimum absolute atomic E-state index is 0.0415. The molecule has 0 saturated carbocycles. The van der Waals surface area contributed by atoms with Gasteiger partial charge in [0, 0.05) is 23.8 Å². The minimum atomic E-state index is -0.729. The number of hydrogen-bond donors (Lipinski definition) is 4. The van der Waals surface area contributed by atoms with E-state index >= 15 is 0 Å². The lowest BCUT2D eigenvalue weighted by Crippen LogP contribution is -2.32. The number of aromatic nitrogens is 1. The van der Waals surface area contributed by atoms with Gasteiger partial charge in [0.15, 0.2) is 6.19 Å². The average Bonchev–Trinajstić information content (AvgIpc) is 2.77. The van der Waals surface area contributed by atoms with Crippen LogP contribution in [-0.4, -0.2) is 10.9 Å². The van der Waals surface area contributed by atoms with Gasteiger partial charge >= 0.3 is 0 Å². The van der Waals surface area contributed by atoms with E-state index in [0.717, 1.165) is 23.8 Å². The Bertz CT molecular complexity index is 1320. The van der Waals surface area contributed by atoms with Gasteiger partial charge in [-0.25, -0.2) is 18.8 Å². The lowest BCUT2D eigenvalue weighted by Gasteiger charge is -2.26. The van der Waals surface area contributed by atoms with E-state index in [9.17, 15) is 14.0 Å². The average molecular weight is 446 g/mol. The summed E-state index contributed by atoms with van der Waals surface area (Å²) < 4.78 is 32.1. The van der Waals surface area contributed by atoms with Gasteiger partial charge in [-0.3, -0.25) is 5.32 Å². The Morgan fingerprint density at radius 2 is 1.79 bits per heavy atom. The Labute approximate surface area is 186 Å². The summed E-state index contributed by atoms with van der Waals surface area (Å²) in [5, 5.41) is 23.7. The van der Waals surface area contributed by atoms with Crippen molar-refractivity contribution in [3.05, 3.63) is 76.4 Å². The first-order chi connectivity index (χ1) is 15.9. The van der Waals surface area contributed by atoms with Crippen LogP contribution in [0.2, 0.25) is 0 Å². The Kier molecular flexibility index (Phi) is 5.62. The molecule has 6 N–H and O–H groups in total. The number of benzene rings is 2. The summed E-state index contributed by atoms with van der Waals surface area (Å²) in [6.07, 6.45) is 1.79. The molecule has 3 aromatic rings.